The summed E-state index contributed by atoms with van der Waals surface area (Å²) in [6, 6.07) is 7.59. The van der Waals surface area contributed by atoms with Crippen LogP contribution < -0.4 is 4.72 Å². The minimum Gasteiger partial charge on any atom is -0.260 e. The van der Waals surface area contributed by atoms with Crippen molar-refractivity contribution in [2.45, 2.75) is 25.3 Å². The topological polar surface area (TPSA) is 102 Å². The molecule has 1 aromatic carbocycles. The smallest absolute Gasteiger partial charge is 0.260 e. The third kappa shape index (κ3) is 3.46. The van der Waals surface area contributed by atoms with Crippen molar-refractivity contribution < 1.29 is 13.3 Å². The first kappa shape index (κ1) is 16.1. The molecule has 8 heteroatoms. The first-order valence-corrected chi connectivity index (χ1v) is 7.95. The molecule has 7 nitrogen and oxygen atoms in total. The van der Waals surface area contributed by atoms with Crippen molar-refractivity contribution in [1.29, 1.82) is 0 Å². The molecule has 0 aliphatic rings. The molecule has 1 aromatic heterocycles. The predicted octanol–water partition coefficient (Wildman–Crippen LogP) is 2.09. The maximum Gasteiger partial charge on any atom is 0.271 e. The summed E-state index contributed by atoms with van der Waals surface area (Å²) in [6.45, 7) is 3.28. The second-order valence-electron chi connectivity index (χ2n) is 4.79. The molecule has 0 spiro atoms. The number of nitrogens with one attached hydrogen (secondary N) is 1. The van der Waals surface area contributed by atoms with Crippen LogP contribution >= 0.6 is 0 Å². The lowest BCUT2D eigenvalue weighted by Crippen LogP contribution is -2.24. The summed E-state index contributed by atoms with van der Waals surface area (Å²) in [5, 5.41) is 10.9. The Labute approximate surface area is 128 Å². The van der Waals surface area contributed by atoms with Crippen molar-refractivity contribution in [2.24, 2.45) is 0 Å². The average molecular weight is 321 g/mol. The van der Waals surface area contributed by atoms with Gasteiger partial charge in [0.05, 0.1) is 22.1 Å². The van der Waals surface area contributed by atoms with E-state index in [0.717, 1.165) is 6.07 Å². The van der Waals surface area contributed by atoms with Crippen LogP contribution in [0, 0.1) is 24.0 Å². The Bertz CT molecular complexity index is 804. The fourth-order valence-electron chi connectivity index (χ4n) is 1.94. The first-order valence-electron chi connectivity index (χ1n) is 6.46. The van der Waals surface area contributed by atoms with Gasteiger partial charge in [0, 0.05) is 18.3 Å². The van der Waals surface area contributed by atoms with E-state index in [0.29, 0.717) is 16.8 Å². The number of hydrogen-bond acceptors (Lipinski definition) is 5. The van der Waals surface area contributed by atoms with Gasteiger partial charge in [-0.15, -0.1) is 0 Å². The van der Waals surface area contributed by atoms with Crippen LogP contribution in [-0.2, 0) is 16.6 Å². The lowest BCUT2D eigenvalue weighted by molar-refractivity contribution is -0.385. The molecule has 0 unspecified atom stereocenters. The molecule has 0 atom stereocenters. The van der Waals surface area contributed by atoms with Gasteiger partial charge in [0.1, 0.15) is 0 Å². The highest BCUT2D eigenvalue weighted by Gasteiger charge is 2.22. The lowest BCUT2D eigenvalue weighted by Gasteiger charge is -2.11. The van der Waals surface area contributed by atoms with Gasteiger partial charge in [-0.25, -0.2) is 13.1 Å². The molecule has 22 heavy (non-hydrogen) atoms. The number of nitro benzene ring substituents is 1. The number of pyridine rings is 1. The fraction of sp³-hybridized carbons (Fsp3) is 0.214. The highest BCUT2D eigenvalue weighted by Crippen LogP contribution is 2.25. The van der Waals surface area contributed by atoms with Crippen LogP contribution in [-0.4, -0.2) is 18.3 Å². The minimum absolute atomic E-state index is 0.0182. The quantitative estimate of drug-likeness (QED) is 0.671. The third-order valence-electron chi connectivity index (χ3n) is 3.27. The minimum atomic E-state index is -3.86. The van der Waals surface area contributed by atoms with E-state index in [2.05, 4.69) is 9.71 Å². The predicted molar refractivity (Wildman–Crippen MR) is 80.8 cm³/mol. The standard InChI is InChI=1S/C14H15N3O4S/c1-10-7-13(17(18)19)8-14(11(10)2)22(20,21)16-9-12-5-3-4-6-15-12/h3-8,16H,9H2,1-2H3. The Kier molecular flexibility index (Phi) is 4.53. The number of aromatic nitrogens is 1. The van der Waals surface area contributed by atoms with E-state index in [9.17, 15) is 18.5 Å². The molecule has 1 heterocycles. The molecule has 0 radical (unpaired) electrons. The van der Waals surface area contributed by atoms with Crippen LogP contribution in [0.1, 0.15) is 16.8 Å². The number of nitro groups is 1. The SMILES string of the molecule is Cc1cc([N+](=O)[O-])cc(S(=O)(=O)NCc2ccccn2)c1C. The molecule has 2 rings (SSSR count). The number of non-ortho nitro benzene ring substituents is 1. The number of nitrogens with zero attached hydrogens (tertiary/aromatic N) is 2. The second-order valence-corrected chi connectivity index (χ2v) is 6.52. The second kappa shape index (κ2) is 6.20. The van der Waals surface area contributed by atoms with Crippen molar-refractivity contribution in [1.82, 2.24) is 9.71 Å². The fourth-order valence-corrected chi connectivity index (χ4v) is 3.28. The number of rotatable bonds is 5. The van der Waals surface area contributed by atoms with Gasteiger partial charge in [0.25, 0.3) is 5.69 Å². The molecular weight excluding hydrogens is 306 g/mol. The van der Waals surface area contributed by atoms with Gasteiger partial charge in [-0.3, -0.25) is 15.1 Å². The van der Waals surface area contributed by atoms with Crippen molar-refractivity contribution in [3.8, 4) is 0 Å². The van der Waals surface area contributed by atoms with Crippen LogP contribution in [0.25, 0.3) is 0 Å². The van der Waals surface area contributed by atoms with E-state index in [4.69, 9.17) is 0 Å². The summed E-state index contributed by atoms with van der Waals surface area (Å²) in [6.07, 6.45) is 1.56. The molecule has 0 saturated carbocycles. The van der Waals surface area contributed by atoms with E-state index in [1.807, 2.05) is 0 Å². The van der Waals surface area contributed by atoms with Crippen LogP contribution in [0.2, 0.25) is 0 Å². The molecule has 0 fully saturated rings. The number of hydrogen-bond donors (Lipinski definition) is 1. The molecule has 116 valence electrons. The lowest BCUT2D eigenvalue weighted by atomic mass is 10.1. The largest absolute Gasteiger partial charge is 0.271 e. The zero-order valence-electron chi connectivity index (χ0n) is 12.1. The zero-order chi connectivity index (χ0) is 16.3. The Morgan fingerprint density at radius 1 is 1.27 bits per heavy atom. The molecular formula is C14H15N3O4S. The van der Waals surface area contributed by atoms with Gasteiger partial charge < -0.3 is 0 Å². The van der Waals surface area contributed by atoms with Gasteiger partial charge in [-0.2, -0.15) is 0 Å². The van der Waals surface area contributed by atoms with Crippen LogP contribution in [0.4, 0.5) is 5.69 Å². The summed E-state index contributed by atoms with van der Waals surface area (Å²) < 4.78 is 27.2. The summed E-state index contributed by atoms with van der Waals surface area (Å²) in [7, 11) is -3.86. The van der Waals surface area contributed by atoms with Crippen molar-refractivity contribution in [3.63, 3.8) is 0 Å². The van der Waals surface area contributed by atoms with E-state index in [-0.39, 0.29) is 17.1 Å². The Hall–Kier alpha value is -2.32. The van der Waals surface area contributed by atoms with E-state index in [1.54, 1.807) is 38.2 Å². The monoisotopic (exact) mass is 321 g/mol. The number of aryl methyl sites for hydroxylation is 1. The van der Waals surface area contributed by atoms with Crippen molar-refractivity contribution in [3.05, 3.63) is 63.5 Å². The zero-order valence-corrected chi connectivity index (χ0v) is 12.9. The summed E-state index contributed by atoms with van der Waals surface area (Å²) in [5.41, 5.74) is 1.35. The van der Waals surface area contributed by atoms with Gasteiger partial charge in [-0.1, -0.05) is 6.07 Å². The highest BCUT2D eigenvalue weighted by molar-refractivity contribution is 7.89. The van der Waals surface area contributed by atoms with Gasteiger partial charge in [0.2, 0.25) is 10.0 Å². The summed E-state index contributed by atoms with van der Waals surface area (Å²) in [5.74, 6) is 0. The number of sulfonamides is 1. The maximum absolute atomic E-state index is 12.4. The molecule has 0 aliphatic heterocycles. The highest BCUT2D eigenvalue weighted by atomic mass is 32.2. The molecule has 0 aliphatic carbocycles. The van der Waals surface area contributed by atoms with Gasteiger partial charge in [-0.05, 0) is 37.1 Å². The Morgan fingerprint density at radius 3 is 2.59 bits per heavy atom. The molecule has 2 aromatic rings. The van der Waals surface area contributed by atoms with Crippen molar-refractivity contribution >= 4 is 15.7 Å². The van der Waals surface area contributed by atoms with E-state index < -0.39 is 14.9 Å². The average Bonchev–Trinajstić information content (AvgIpc) is 2.48. The third-order valence-corrected chi connectivity index (χ3v) is 4.80. The normalized spacial score (nSPS) is 11.4. The number of benzene rings is 1. The summed E-state index contributed by atoms with van der Waals surface area (Å²) >= 11 is 0. The molecule has 0 bridgehead atoms. The Balaban J connectivity index is 2.35. The van der Waals surface area contributed by atoms with Crippen LogP contribution in [0.3, 0.4) is 0 Å². The van der Waals surface area contributed by atoms with Crippen LogP contribution in [0.15, 0.2) is 41.4 Å². The molecule has 0 amide bonds. The first-order chi connectivity index (χ1) is 10.3. The van der Waals surface area contributed by atoms with E-state index in [1.165, 1.54) is 6.07 Å². The van der Waals surface area contributed by atoms with Crippen molar-refractivity contribution in [2.75, 3.05) is 0 Å². The molecule has 1 N–H and O–H groups in total. The van der Waals surface area contributed by atoms with Gasteiger partial charge >= 0.3 is 0 Å². The van der Waals surface area contributed by atoms with E-state index >= 15 is 0 Å². The maximum atomic E-state index is 12.4. The van der Waals surface area contributed by atoms with Gasteiger partial charge in [0.15, 0.2) is 0 Å². The van der Waals surface area contributed by atoms with Crippen LogP contribution in [0.5, 0.6) is 0 Å². The molecule has 0 saturated heterocycles. The Morgan fingerprint density at radius 2 is 2.00 bits per heavy atom. The summed E-state index contributed by atoms with van der Waals surface area (Å²) in [4.78, 5) is 14.2.